The van der Waals surface area contributed by atoms with Crippen LogP contribution in [0.1, 0.15) is 23.3 Å². The summed E-state index contributed by atoms with van der Waals surface area (Å²) in [7, 11) is 1.62. The van der Waals surface area contributed by atoms with Gasteiger partial charge < -0.3 is 10.1 Å². The van der Waals surface area contributed by atoms with E-state index in [2.05, 4.69) is 10.4 Å². The van der Waals surface area contributed by atoms with Crippen LogP contribution in [-0.2, 0) is 0 Å². The van der Waals surface area contributed by atoms with Gasteiger partial charge in [-0.2, -0.15) is 5.10 Å². The van der Waals surface area contributed by atoms with Crippen molar-refractivity contribution in [2.24, 2.45) is 0 Å². The molecular weight excluding hydrogens is 350 g/mol. The van der Waals surface area contributed by atoms with E-state index >= 15 is 0 Å². The number of amides is 1. The molecule has 1 fully saturated rings. The molecule has 0 bridgehead atoms. The van der Waals surface area contributed by atoms with Crippen LogP contribution in [-0.4, -0.2) is 28.8 Å². The second-order valence-electron chi connectivity index (χ2n) is 6.25. The number of carbonyl (C=O) groups is 1. The molecule has 5 nitrogen and oxygen atoms in total. The SMILES string of the molecule is COc1ccc(-n2nc(-c3ccccc3Cl)cc2C(=O)NC2CC2)cc1. The van der Waals surface area contributed by atoms with Gasteiger partial charge in [0.2, 0.25) is 0 Å². The largest absolute Gasteiger partial charge is 0.497 e. The monoisotopic (exact) mass is 367 g/mol. The van der Waals surface area contributed by atoms with Crippen LogP contribution in [0.5, 0.6) is 5.75 Å². The Balaban J connectivity index is 1.79. The molecule has 1 amide bonds. The third-order valence-corrected chi connectivity index (χ3v) is 4.65. The highest BCUT2D eigenvalue weighted by Gasteiger charge is 2.26. The van der Waals surface area contributed by atoms with Gasteiger partial charge in [0.15, 0.2) is 0 Å². The molecule has 0 radical (unpaired) electrons. The zero-order valence-electron chi connectivity index (χ0n) is 14.3. The molecule has 0 atom stereocenters. The number of nitrogens with zero attached hydrogens (tertiary/aromatic N) is 2. The topological polar surface area (TPSA) is 56.2 Å². The standard InChI is InChI=1S/C20H18ClN3O2/c1-26-15-10-8-14(9-11-15)24-19(20(25)22-13-6-7-13)12-18(23-24)16-4-2-3-5-17(16)21/h2-5,8-13H,6-7H2,1H3,(H,22,25). The molecule has 1 aliphatic rings. The van der Waals surface area contributed by atoms with Gasteiger partial charge in [0.25, 0.3) is 5.91 Å². The number of hydrogen-bond donors (Lipinski definition) is 1. The first-order chi connectivity index (χ1) is 12.7. The van der Waals surface area contributed by atoms with Gasteiger partial charge in [0.05, 0.1) is 23.5 Å². The maximum Gasteiger partial charge on any atom is 0.270 e. The summed E-state index contributed by atoms with van der Waals surface area (Å²) >= 11 is 6.31. The van der Waals surface area contributed by atoms with E-state index in [4.69, 9.17) is 16.3 Å². The molecular formula is C20H18ClN3O2. The summed E-state index contributed by atoms with van der Waals surface area (Å²) in [5, 5.41) is 8.27. The van der Waals surface area contributed by atoms with Gasteiger partial charge >= 0.3 is 0 Å². The Hall–Kier alpha value is -2.79. The molecule has 26 heavy (non-hydrogen) atoms. The lowest BCUT2D eigenvalue weighted by Gasteiger charge is -2.08. The molecule has 1 aromatic heterocycles. The molecule has 6 heteroatoms. The summed E-state index contributed by atoms with van der Waals surface area (Å²) in [6.07, 6.45) is 2.06. The van der Waals surface area contributed by atoms with E-state index in [9.17, 15) is 4.79 Å². The van der Waals surface area contributed by atoms with E-state index in [1.54, 1.807) is 17.9 Å². The van der Waals surface area contributed by atoms with Crippen LogP contribution in [0.4, 0.5) is 0 Å². The Bertz CT molecular complexity index is 946. The Morgan fingerprint density at radius 2 is 1.92 bits per heavy atom. The number of rotatable bonds is 5. The highest BCUT2D eigenvalue weighted by atomic mass is 35.5. The van der Waals surface area contributed by atoms with Crippen molar-refractivity contribution in [1.29, 1.82) is 0 Å². The highest BCUT2D eigenvalue weighted by molar-refractivity contribution is 6.33. The lowest BCUT2D eigenvalue weighted by Crippen LogP contribution is -2.27. The third-order valence-electron chi connectivity index (χ3n) is 4.32. The number of hydrogen-bond acceptors (Lipinski definition) is 3. The summed E-state index contributed by atoms with van der Waals surface area (Å²) in [6, 6.07) is 17.0. The first-order valence-corrected chi connectivity index (χ1v) is 8.84. The molecule has 1 heterocycles. The van der Waals surface area contributed by atoms with Gasteiger partial charge in [-0.1, -0.05) is 29.8 Å². The normalized spacial score (nSPS) is 13.5. The number of nitrogens with one attached hydrogen (secondary N) is 1. The van der Waals surface area contributed by atoms with Gasteiger partial charge in [-0.05, 0) is 49.2 Å². The maximum absolute atomic E-state index is 12.7. The molecule has 0 saturated heterocycles. The lowest BCUT2D eigenvalue weighted by atomic mass is 10.1. The summed E-state index contributed by atoms with van der Waals surface area (Å²) in [4.78, 5) is 12.7. The van der Waals surface area contributed by atoms with Crippen molar-refractivity contribution >= 4 is 17.5 Å². The van der Waals surface area contributed by atoms with Crippen molar-refractivity contribution in [1.82, 2.24) is 15.1 Å². The molecule has 2 aromatic carbocycles. The highest BCUT2D eigenvalue weighted by Crippen LogP contribution is 2.29. The zero-order valence-corrected chi connectivity index (χ0v) is 15.0. The molecule has 1 saturated carbocycles. The van der Waals surface area contributed by atoms with E-state index < -0.39 is 0 Å². The minimum atomic E-state index is -0.130. The molecule has 3 aromatic rings. The Morgan fingerprint density at radius 3 is 2.58 bits per heavy atom. The van der Waals surface area contributed by atoms with E-state index in [0.29, 0.717) is 16.4 Å². The fourth-order valence-corrected chi connectivity index (χ4v) is 2.98. The van der Waals surface area contributed by atoms with Crippen molar-refractivity contribution < 1.29 is 9.53 Å². The molecule has 1 N–H and O–H groups in total. The second-order valence-corrected chi connectivity index (χ2v) is 6.66. The first kappa shape index (κ1) is 16.7. The predicted molar refractivity (Wildman–Crippen MR) is 101 cm³/mol. The Kier molecular flexibility index (Phi) is 4.39. The third kappa shape index (κ3) is 3.30. The van der Waals surface area contributed by atoms with Crippen LogP contribution in [0.3, 0.4) is 0 Å². The van der Waals surface area contributed by atoms with Gasteiger partial charge in [0, 0.05) is 11.6 Å². The maximum atomic E-state index is 12.7. The van der Waals surface area contributed by atoms with Crippen molar-refractivity contribution in [3.05, 3.63) is 65.3 Å². The van der Waals surface area contributed by atoms with E-state index in [1.807, 2.05) is 48.5 Å². The number of halogens is 1. The van der Waals surface area contributed by atoms with Crippen molar-refractivity contribution in [3.63, 3.8) is 0 Å². The van der Waals surface area contributed by atoms with Crippen LogP contribution in [0.2, 0.25) is 5.02 Å². The minimum Gasteiger partial charge on any atom is -0.497 e. The van der Waals surface area contributed by atoms with Crippen LogP contribution >= 0.6 is 11.6 Å². The number of ether oxygens (including phenoxy) is 1. The van der Waals surface area contributed by atoms with Crippen LogP contribution in [0, 0.1) is 0 Å². The van der Waals surface area contributed by atoms with Crippen molar-refractivity contribution in [2.75, 3.05) is 7.11 Å². The van der Waals surface area contributed by atoms with Gasteiger partial charge in [0.1, 0.15) is 11.4 Å². The van der Waals surface area contributed by atoms with Crippen molar-refractivity contribution in [2.45, 2.75) is 18.9 Å². The molecule has 132 valence electrons. The van der Waals surface area contributed by atoms with Crippen molar-refractivity contribution in [3.8, 4) is 22.7 Å². The molecule has 1 aliphatic carbocycles. The average Bonchev–Trinajstić information content (AvgIpc) is 3.36. The molecule has 0 spiro atoms. The Labute approximate surface area is 156 Å². The smallest absolute Gasteiger partial charge is 0.270 e. The number of carbonyl (C=O) groups excluding carboxylic acids is 1. The van der Waals surface area contributed by atoms with Gasteiger partial charge in [-0.25, -0.2) is 4.68 Å². The summed E-state index contributed by atoms with van der Waals surface area (Å²) < 4.78 is 6.86. The van der Waals surface area contributed by atoms with Gasteiger partial charge in [-0.15, -0.1) is 0 Å². The van der Waals surface area contributed by atoms with E-state index in [1.165, 1.54) is 0 Å². The number of aromatic nitrogens is 2. The minimum absolute atomic E-state index is 0.130. The average molecular weight is 368 g/mol. The fraction of sp³-hybridized carbons (Fsp3) is 0.200. The number of benzene rings is 2. The first-order valence-electron chi connectivity index (χ1n) is 8.46. The predicted octanol–water partition coefficient (Wildman–Crippen LogP) is 4.09. The quantitative estimate of drug-likeness (QED) is 0.738. The zero-order chi connectivity index (χ0) is 18.1. The molecule has 4 rings (SSSR count). The van der Waals surface area contributed by atoms with Crippen LogP contribution < -0.4 is 10.1 Å². The van der Waals surface area contributed by atoms with E-state index in [0.717, 1.165) is 29.8 Å². The Morgan fingerprint density at radius 1 is 1.19 bits per heavy atom. The second kappa shape index (κ2) is 6.84. The fourth-order valence-electron chi connectivity index (χ4n) is 2.75. The van der Waals surface area contributed by atoms with Crippen LogP contribution in [0.25, 0.3) is 16.9 Å². The summed E-state index contributed by atoms with van der Waals surface area (Å²) in [5.41, 5.74) is 2.72. The summed E-state index contributed by atoms with van der Waals surface area (Å²) in [5.74, 6) is 0.616. The van der Waals surface area contributed by atoms with Gasteiger partial charge in [-0.3, -0.25) is 4.79 Å². The number of methoxy groups -OCH3 is 1. The van der Waals surface area contributed by atoms with Crippen LogP contribution in [0.15, 0.2) is 54.6 Å². The molecule has 0 unspecified atom stereocenters. The van der Waals surface area contributed by atoms with E-state index in [-0.39, 0.29) is 11.9 Å². The summed E-state index contributed by atoms with van der Waals surface area (Å²) in [6.45, 7) is 0. The lowest BCUT2D eigenvalue weighted by molar-refractivity contribution is 0.0943. The molecule has 0 aliphatic heterocycles.